The zero-order valence-corrected chi connectivity index (χ0v) is 12.8. The minimum Gasteiger partial charge on any atom is -0.319 e. The third-order valence-corrected chi connectivity index (χ3v) is 3.49. The minimum absolute atomic E-state index is 0.0570. The summed E-state index contributed by atoms with van der Waals surface area (Å²) in [5.41, 5.74) is 4.38. The molecule has 0 fully saturated rings. The molecule has 0 atom stereocenters. The molecule has 3 aromatic rings. The Labute approximate surface area is 136 Å². The summed E-state index contributed by atoms with van der Waals surface area (Å²) >= 11 is 0. The Kier molecular flexibility index (Phi) is 4.33. The van der Waals surface area contributed by atoms with Crippen molar-refractivity contribution < 1.29 is 13.6 Å². The SMILES string of the molecule is Cc1nc2ccccc2n1CC(=O)N/N=C/c1ccc(F)c(F)c1. The summed E-state index contributed by atoms with van der Waals surface area (Å²) in [6.07, 6.45) is 1.25. The number of hydrogen-bond acceptors (Lipinski definition) is 3. The molecule has 1 aromatic heterocycles. The van der Waals surface area contributed by atoms with Crippen molar-refractivity contribution in [3.05, 3.63) is 65.5 Å². The molecule has 0 spiro atoms. The Bertz CT molecular complexity index is 933. The first kappa shape index (κ1) is 15.8. The number of hydrogen-bond donors (Lipinski definition) is 1. The molecule has 0 bridgehead atoms. The predicted molar refractivity (Wildman–Crippen MR) is 86.6 cm³/mol. The Balaban J connectivity index is 1.68. The molecule has 7 heteroatoms. The minimum atomic E-state index is -0.967. The standard InChI is InChI=1S/C17H14F2N4O/c1-11-21-15-4-2-3-5-16(15)23(11)10-17(24)22-20-9-12-6-7-13(18)14(19)8-12/h2-9H,10H2,1H3,(H,22,24)/b20-9+. The number of aryl methyl sites for hydroxylation is 1. The Morgan fingerprint density at radius 1 is 1.25 bits per heavy atom. The number of imidazole rings is 1. The van der Waals surface area contributed by atoms with Crippen molar-refractivity contribution in [2.24, 2.45) is 5.10 Å². The van der Waals surface area contributed by atoms with Gasteiger partial charge in [0.1, 0.15) is 12.4 Å². The number of fused-ring (bicyclic) bond motifs is 1. The van der Waals surface area contributed by atoms with Crippen molar-refractivity contribution in [2.45, 2.75) is 13.5 Å². The number of carbonyl (C=O) groups is 1. The lowest BCUT2D eigenvalue weighted by Gasteiger charge is -2.05. The second-order valence-corrected chi connectivity index (χ2v) is 5.20. The molecule has 1 amide bonds. The number of aromatic nitrogens is 2. The fourth-order valence-electron chi connectivity index (χ4n) is 2.35. The van der Waals surface area contributed by atoms with Crippen molar-refractivity contribution in [3.8, 4) is 0 Å². The maximum Gasteiger partial charge on any atom is 0.260 e. The van der Waals surface area contributed by atoms with Crippen LogP contribution >= 0.6 is 0 Å². The van der Waals surface area contributed by atoms with Gasteiger partial charge in [0, 0.05) is 0 Å². The topological polar surface area (TPSA) is 59.3 Å². The van der Waals surface area contributed by atoms with Crippen LogP contribution in [0.25, 0.3) is 11.0 Å². The van der Waals surface area contributed by atoms with Crippen molar-refractivity contribution in [2.75, 3.05) is 0 Å². The zero-order chi connectivity index (χ0) is 17.1. The van der Waals surface area contributed by atoms with E-state index in [9.17, 15) is 13.6 Å². The van der Waals surface area contributed by atoms with E-state index in [1.165, 1.54) is 12.3 Å². The summed E-state index contributed by atoms with van der Waals surface area (Å²) in [6, 6.07) is 10.9. The zero-order valence-electron chi connectivity index (χ0n) is 12.8. The summed E-state index contributed by atoms with van der Waals surface area (Å²) < 4.78 is 27.7. The summed E-state index contributed by atoms with van der Waals surface area (Å²) in [7, 11) is 0. The second-order valence-electron chi connectivity index (χ2n) is 5.20. The fraction of sp³-hybridized carbons (Fsp3) is 0.118. The Hall–Kier alpha value is -3.09. The highest BCUT2D eigenvalue weighted by molar-refractivity contribution is 5.83. The number of nitrogens with zero attached hydrogens (tertiary/aromatic N) is 3. The summed E-state index contributed by atoms with van der Waals surface area (Å²) in [5.74, 6) is -1.53. The van der Waals surface area contributed by atoms with Gasteiger partial charge in [-0.15, -0.1) is 0 Å². The van der Waals surface area contributed by atoms with Crippen LogP contribution in [0.4, 0.5) is 8.78 Å². The third-order valence-electron chi connectivity index (χ3n) is 3.49. The lowest BCUT2D eigenvalue weighted by molar-refractivity contribution is -0.121. The molecule has 0 radical (unpaired) electrons. The quantitative estimate of drug-likeness (QED) is 0.591. The van der Waals surface area contributed by atoms with E-state index in [0.717, 1.165) is 29.0 Å². The number of carbonyl (C=O) groups excluding carboxylic acids is 1. The smallest absolute Gasteiger partial charge is 0.260 e. The van der Waals surface area contributed by atoms with Crippen molar-refractivity contribution >= 4 is 23.2 Å². The summed E-state index contributed by atoms with van der Waals surface area (Å²) in [5, 5.41) is 3.76. The summed E-state index contributed by atoms with van der Waals surface area (Å²) in [4.78, 5) is 16.4. The average molecular weight is 328 g/mol. The molecule has 0 aliphatic carbocycles. The molecule has 2 aromatic carbocycles. The lowest BCUT2D eigenvalue weighted by atomic mass is 10.2. The van der Waals surface area contributed by atoms with Gasteiger partial charge in [-0.05, 0) is 36.8 Å². The predicted octanol–water partition coefficient (Wildman–Crippen LogP) is 2.77. The van der Waals surface area contributed by atoms with Crippen LogP contribution in [0.1, 0.15) is 11.4 Å². The maximum absolute atomic E-state index is 13.1. The molecule has 5 nitrogen and oxygen atoms in total. The Morgan fingerprint density at radius 3 is 2.83 bits per heavy atom. The van der Waals surface area contributed by atoms with Gasteiger partial charge >= 0.3 is 0 Å². The molecule has 3 rings (SSSR count). The first-order chi connectivity index (χ1) is 11.5. The van der Waals surface area contributed by atoms with E-state index in [1.54, 1.807) is 4.57 Å². The van der Waals surface area contributed by atoms with Crippen LogP contribution in [0, 0.1) is 18.6 Å². The van der Waals surface area contributed by atoms with E-state index in [2.05, 4.69) is 15.5 Å². The molecule has 24 heavy (non-hydrogen) atoms. The molecule has 0 unspecified atom stereocenters. The normalized spacial score (nSPS) is 11.3. The third kappa shape index (κ3) is 3.29. The van der Waals surface area contributed by atoms with Crippen LogP contribution in [0.5, 0.6) is 0 Å². The largest absolute Gasteiger partial charge is 0.319 e. The average Bonchev–Trinajstić information content (AvgIpc) is 2.87. The van der Waals surface area contributed by atoms with E-state index in [0.29, 0.717) is 5.56 Å². The van der Waals surface area contributed by atoms with E-state index in [4.69, 9.17) is 0 Å². The number of nitrogens with one attached hydrogen (secondary N) is 1. The Morgan fingerprint density at radius 2 is 2.04 bits per heavy atom. The van der Waals surface area contributed by atoms with Crippen LogP contribution in [0.2, 0.25) is 0 Å². The number of halogens is 2. The van der Waals surface area contributed by atoms with E-state index in [1.807, 2.05) is 31.2 Å². The van der Waals surface area contributed by atoms with Gasteiger partial charge in [-0.1, -0.05) is 18.2 Å². The van der Waals surface area contributed by atoms with Crippen LogP contribution in [-0.4, -0.2) is 21.7 Å². The lowest BCUT2D eigenvalue weighted by Crippen LogP contribution is -2.23. The van der Waals surface area contributed by atoms with E-state index >= 15 is 0 Å². The molecule has 1 N–H and O–H groups in total. The van der Waals surface area contributed by atoms with Gasteiger partial charge in [-0.3, -0.25) is 4.79 Å². The summed E-state index contributed by atoms with van der Waals surface area (Å²) in [6.45, 7) is 1.87. The molecule has 0 saturated heterocycles. The fourth-order valence-corrected chi connectivity index (χ4v) is 2.35. The van der Waals surface area contributed by atoms with E-state index in [-0.39, 0.29) is 12.5 Å². The van der Waals surface area contributed by atoms with Gasteiger partial charge in [-0.25, -0.2) is 19.2 Å². The number of rotatable bonds is 4. The van der Waals surface area contributed by atoms with Gasteiger partial charge in [-0.2, -0.15) is 5.10 Å². The molecule has 122 valence electrons. The first-order valence-electron chi connectivity index (χ1n) is 7.23. The van der Waals surface area contributed by atoms with Crippen LogP contribution in [0.15, 0.2) is 47.6 Å². The number of hydrazone groups is 1. The molecule has 0 aliphatic rings. The highest BCUT2D eigenvalue weighted by Crippen LogP contribution is 2.15. The first-order valence-corrected chi connectivity index (χ1v) is 7.23. The van der Waals surface area contributed by atoms with Crippen LogP contribution in [0.3, 0.4) is 0 Å². The highest BCUT2D eigenvalue weighted by Gasteiger charge is 2.10. The molecule has 0 aliphatic heterocycles. The number of benzene rings is 2. The molecular weight excluding hydrogens is 314 g/mol. The maximum atomic E-state index is 13.1. The molecule has 0 saturated carbocycles. The van der Waals surface area contributed by atoms with E-state index < -0.39 is 11.6 Å². The number of para-hydroxylation sites is 2. The molecule has 1 heterocycles. The highest BCUT2D eigenvalue weighted by atomic mass is 19.2. The van der Waals surface area contributed by atoms with Crippen LogP contribution in [-0.2, 0) is 11.3 Å². The van der Waals surface area contributed by atoms with Crippen molar-refractivity contribution in [1.82, 2.24) is 15.0 Å². The van der Waals surface area contributed by atoms with Crippen LogP contribution < -0.4 is 5.43 Å². The number of amides is 1. The van der Waals surface area contributed by atoms with Gasteiger partial charge in [0.05, 0.1) is 17.2 Å². The molecular formula is C17H14F2N4O. The van der Waals surface area contributed by atoms with Gasteiger partial charge in [0.2, 0.25) is 0 Å². The van der Waals surface area contributed by atoms with Gasteiger partial charge in [0.25, 0.3) is 5.91 Å². The monoisotopic (exact) mass is 328 g/mol. The van der Waals surface area contributed by atoms with Crippen molar-refractivity contribution in [1.29, 1.82) is 0 Å². The second kappa shape index (κ2) is 6.57. The van der Waals surface area contributed by atoms with Crippen molar-refractivity contribution in [3.63, 3.8) is 0 Å². The van der Waals surface area contributed by atoms with Gasteiger partial charge in [0.15, 0.2) is 11.6 Å². The van der Waals surface area contributed by atoms with Gasteiger partial charge < -0.3 is 4.57 Å².